The van der Waals surface area contributed by atoms with E-state index >= 15 is 0 Å². The van der Waals surface area contributed by atoms with Crippen molar-refractivity contribution in [3.05, 3.63) is 95.6 Å². The molecule has 0 aliphatic carbocycles. The van der Waals surface area contributed by atoms with Gasteiger partial charge in [0.05, 0.1) is 10.9 Å². The van der Waals surface area contributed by atoms with E-state index in [-0.39, 0.29) is 16.8 Å². The number of carbonyl (C=O) groups excluding carboxylic acids is 1. The van der Waals surface area contributed by atoms with Gasteiger partial charge in [0, 0.05) is 11.3 Å². The van der Waals surface area contributed by atoms with Gasteiger partial charge in [0.2, 0.25) is 0 Å². The molecule has 150 valence electrons. The van der Waals surface area contributed by atoms with E-state index in [4.69, 9.17) is 0 Å². The summed E-state index contributed by atoms with van der Waals surface area (Å²) in [6.45, 7) is 4.01. The Bertz CT molecular complexity index is 1080. The first-order valence-electron chi connectivity index (χ1n) is 9.46. The van der Waals surface area contributed by atoms with Crippen LogP contribution in [0.15, 0.2) is 83.8 Å². The van der Waals surface area contributed by atoms with Gasteiger partial charge in [0.15, 0.2) is 0 Å². The molecule has 1 amide bonds. The summed E-state index contributed by atoms with van der Waals surface area (Å²) in [5.74, 6) is -0.266. The summed E-state index contributed by atoms with van der Waals surface area (Å²) in [7, 11) is -3.71. The van der Waals surface area contributed by atoms with Gasteiger partial charge < -0.3 is 5.32 Å². The SMILES string of the molecule is CCc1ccc(C(C)NC(=O)c2cccc(NS(=O)(=O)c3ccccc3)c2)cc1. The summed E-state index contributed by atoms with van der Waals surface area (Å²) >= 11 is 0. The van der Waals surface area contributed by atoms with Crippen LogP contribution >= 0.6 is 0 Å². The Balaban J connectivity index is 1.72. The van der Waals surface area contributed by atoms with Crippen molar-refractivity contribution in [1.82, 2.24) is 5.32 Å². The maximum absolute atomic E-state index is 12.7. The van der Waals surface area contributed by atoms with Crippen molar-refractivity contribution >= 4 is 21.6 Å². The fourth-order valence-corrected chi connectivity index (χ4v) is 4.01. The van der Waals surface area contributed by atoms with E-state index in [1.165, 1.54) is 23.8 Å². The zero-order valence-corrected chi connectivity index (χ0v) is 17.2. The Morgan fingerprint density at radius 2 is 1.62 bits per heavy atom. The monoisotopic (exact) mass is 408 g/mol. The summed E-state index contributed by atoms with van der Waals surface area (Å²) in [4.78, 5) is 12.8. The third-order valence-corrected chi connectivity index (χ3v) is 6.06. The molecule has 0 heterocycles. The van der Waals surface area contributed by atoms with Gasteiger partial charge in [-0.15, -0.1) is 0 Å². The first-order chi connectivity index (χ1) is 13.9. The number of sulfonamides is 1. The average Bonchev–Trinajstić information content (AvgIpc) is 2.74. The van der Waals surface area contributed by atoms with Gasteiger partial charge >= 0.3 is 0 Å². The molecule has 5 nitrogen and oxygen atoms in total. The van der Waals surface area contributed by atoms with E-state index in [2.05, 4.69) is 29.1 Å². The number of benzene rings is 3. The zero-order chi connectivity index (χ0) is 20.9. The van der Waals surface area contributed by atoms with Crippen molar-refractivity contribution < 1.29 is 13.2 Å². The molecule has 0 saturated carbocycles. The summed E-state index contributed by atoms with van der Waals surface area (Å²) < 4.78 is 27.5. The molecule has 1 unspecified atom stereocenters. The van der Waals surface area contributed by atoms with E-state index in [0.717, 1.165) is 12.0 Å². The van der Waals surface area contributed by atoms with Gasteiger partial charge in [-0.3, -0.25) is 9.52 Å². The van der Waals surface area contributed by atoms with E-state index < -0.39 is 10.0 Å². The highest BCUT2D eigenvalue weighted by Gasteiger charge is 2.16. The number of nitrogens with one attached hydrogen (secondary N) is 2. The second kappa shape index (κ2) is 8.92. The predicted octanol–water partition coefficient (Wildman–Crippen LogP) is 4.54. The number of hydrogen-bond donors (Lipinski definition) is 2. The second-order valence-corrected chi connectivity index (χ2v) is 8.47. The fraction of sp³-hybridized carbons (Fsp3) is 0.174. The van der Waals surface area contributed by atoms with E-state index in [1.807, 2.05) is 19.1 Å². The molecular weight excluding hydrogens is 384 g/mol. The molecular formula is C23H24N2O3S. The molecule has 29 heavy (non-hydrogen) atoms. The van der Waals surface area contributed by atoms with Crippen LogP contribution in [0.1, 0.15) is 41.4 Å². The number of carbonyl (C=O) groups is 1. The molecule has 0 radical (unpaired) electrons. The summed E-state index contributed by atoms with van der Waals surface area (Å²) in [5.41, 5.74) is 2.97. The van der Waals surface area contributed by atoms with Gasteiger partial charge in [-0.2, -0.15) is 0 Å². The number of aryl methyl sites for hydroxylation is 1. The number of rotatable bonds is 7. The van der Waals surface area contributed by atoms with Gasteiger partial charge in [-0.1, -0.05) is 55.5 Å². The number of hydrogen-bond acceptors (Lipinski definition) is 3. The number of anilines is 1. The van der Waals surface area contributed by atoms with E-state index in [9.17, 15) is 13.2 Å². The molecule has 3 aromatic rings. The molecule has 6 heteroatoms. The van der Waals surface area contributed by atoms with Gasteiger partial charge in [-0.25, -0.2) is 8.42 Å². The van der Waals surface area contributed by atoms with Crippen LogP contribution in [0.5, 0.6) is 0 Å². The van der Waals surface area contributed by atoms with Crippen molar-refractivity contribution in [2.45, 2.75) is 31.2 Å². The lowest BCUT2D eigenvalue weighted by atomic mass is 10.0. The maximum Gasteiger partial charge on any atom is 0.261 e. The normalized spacial score (nSPS) is 12.2. The van der Waals surface area contributed by atoms with E-state index in [0.29, 0.717) is 11.3 Å². The topological polar surface area (TPSA) is 75.3 Å². The third-order valence-electron chi connectivity index (χ3n) is 4.67. The van der Waals surface area contributed by atoms with Crippen molar-refractivity contribution in [2.75, 3.05) is 4.72 Å². The summed E-state index contributed by atoms with van der Waals surface area (Å²) in [5, 5.41) is 2.96. The molecule has 0 aliphatic rings. The van der Waals surface area contributed by atoms with Gasteiger partial charge in [-0.05, 0) is 54.8 Å². The van der Waals surface area contributed by atoms with E-state index in [1.54, 1.807) is 36.4 Å². The van der Waals surface area contributed by atoms with Crippen LogP contribution in [-0.2, 0) is 16.4 Å². The standard InChI is InChI=1S/C23H24N2O3S/c1-3-18-12-14-19(15-13-18)17(2)24-23(26)20-8-7-9-21(16-20)25-29(27,28)22-10-5-4-6-11-22/h4-17,25H,3H2,1-2H3,(H,24,26). The van der Waals surface area contributed by atoms with Crippen LogP contribution in [-0.4, -0.2) is 14.3 Å². The smallest absolute Gasteiger partial charge is 0.261 e. The lowest BCUT2D eigenvalue weighted by molar-refractivity contribution is 0.0940. The molecule has 0 aromatic heterocycles. The molecule has 3 rings (SSSR count). The Morgan fingerprint density at radius 1 is 0.931 bits per heavy atom. The molecule has 0 saturated heterocycles. The lowest BCUT2D eigenvalue weighted by Gasteiger charge is -2.15. The Labute approximate surface area is 171 Å². The molecule has 0 aliphatic heterocycles. The van der Waals surface area contributed by atoms with Crippen LogP contribution in [0.25, 0.3) is 0 Å². The Hall–Kier alpha value is -3.12. The van der Waals surface area contributed by atoms with Crippen molar-refractivity contribution in [1.29, 1.82) is 0 Å². The van der Waals surface area contributed by atoms with Crippen LogP contribution in [0.2, 0.25) is 0 Å². The molecule has 0 bridgehead atoms. The predicted molar refractivity (Wildman–Crippen MR) is 115 cm³/mol. The highest BCUT2D eigenvalue weighted by Crippen LogP contribution is 2.19. The minimum atomic E-state index is -3.71. The van der Waals surface area contributed by atoms with Crippen molar-refractivity contribution in [3.8, 4) is 0 Å². The van der Waals surface area contributed by atoms with Crippen LogP contribution in [0, 0.1) is 0 Å². The van der Waals surface area contributed by atoms with Crippen LogP contribution in [0.3, 0.4) is 0 Å². The first-order valence-corrected chi connectivity index (χ1v) is 10.9. The van der Waals surface area contributed by atoms with Gasteiger partial charge in [0.1, 0.15) is 0 Å². The Kier molecular flexibility index (Phi) is 6.34. The van der Waals surface area contributed by atoms with Crippen LogP contribution < -0.4 is 10.0 Å². The highest BCUT2D eigenvalue weighted by atomic mass is 32.2. The minimum Gasteiger partial charge on any atom is -0.346 e. The van der Waals surface area contributed by atoms with Crippen LogP contribution in [0.4, 0.5) is 5.69 Å². The van der Waals surface area contributed by atoms with Crippen molar-refractivity contribution in [2.24, 2.45) is 0 Å². The summed E-state index contributed by atoms with van der Waals surface area (Å²) in [6, 6.07) is 22.5. The average molecular weight is 409 g/mol. The zero-order valence-electron chi connectivity index (χ0n) is 16.4. The molecule has 0 fully saturated rings. The molecule has 1 atom stereocenters. The van der Waals surface area contributed by atoms with Crippen molar-refractivity contribution in [3.63, 3.8) is 0 Å². The molecule has 3 aromatic carbocycles. The largest absolute Gasteiger partial charge is 0.346 e. The minimum absolute atomic E-state index is 0.166. The molecule has 2 N–H and O–H groups in total. The quantitative estimate of drug-likeness (QED) is 0.603. The lowest BCUT2D eigenvalue weighted by Crippen LogP contribution is -2.26. The Morgan fingerprint density at radius 3 is 2.28 bits per heavy atom. The molecule has 0 spiro atoms. The first kappa shape index (κ1) is 20.6. The number of amides is 1. The summed E-state index contributed by atoms with van der Waals surface area (Å²) in [6.07, 6.45) is 0.965. The van der Waals surface area contributed by atoms with Gasteiger partial charge in [0.25, 0.3) is 15.9 Å². The fourth-order valence-electron chi connectivity index (χ4n) is 2.94. The maximum atomic E-state index is 12.7. The second-order valence-electron chi connectivity index (χ2n) is 6.79. The highest BCUT2D eigenvalue weighted by molar-refractivity contribution is 7.92. The third kappa shape index (κ3) is 5.23.